The van der Waals surface area contributed by atoms with Gasteiger partial charge in [0.1, 0.15) is 5.54 Å². The number of ether oxygens (including phenoxy) is 1. The van der Waals surface area contributed by atoms with E-state index in [2.05, 4.69) is 34.7 Å². The molecule has 2 rings (SSSR count). The van der Waals surface area contributed by atoms with Crippen LogP contribution in [-0.2, 0) is 21.5 Å². The summed E-state index contributed by atoms with van der Waals surface area (Å²) in [4.78, 5) is 16.5. The molecule has 1 atom stereocenters. The van der Waals surface area contributed by atoms with Crippen molar-refractivity contribution in [2.24, 2.45) is 4.99 Å². The number of aliphatic imine (C=N–C) groups is 1. The average molecular weight is 289 g/mol. The molecular weight excluding hydrogens is 266 g/mol. The standard InChI is InChI=1S/C16H23N3O2/c1-4-5-12-6-8-13(9-7-12)16(2)14(20)18-15(19-16)17-10-11-21-3/h6-9H,4-5,10-11H2,1-3H3,(H2,17,18,19,20). The van der Waals surface area contributed by atoms with Gasteiger partial charge in [-0.05, 0) is 24.5 Å². The number of aryl methyl sites for hydroxylation is 1. The minimum Gasteiger partial charge on any atom is -0.383 e. The molecule has 1 aliphatic heterocycles. The van der Waals surface area contributed by atoms with E-state index in [0.29, 0.717) is 19.1 Å². The fourth-order valence-corrected chi connectivity index (χ4v) is 2.38. The van der Waals surface area contributed by atoms with Gasteiger partial charge in [0.15, 0.2) is 5.96 Å². The van der Waals surface area contributed by atoms with E-state index in [1.807, 2.05) is 19.1 Å². The lowest BCUT2D eigenvalue weighted by atomic mass is 9.91. The van der Waals surface area contributed by atoms with Crippen molar-refractivity contribution in [3.05, 3.63) is 35.4 Å². The Balaban J connectivity index is 2.14. The monoisotopic (exact) mass is 289 g/mol. The first kappa shape index (κ1) is 15.5. The van der Waals surface area contributed by atoms with Gasteiger partial charge in [-0.3, -0.25) is 15.1 Å². The minimum atomic E-state index is -0.767. The third kappa shape index (κ3) is 3.42. The molecule has 0 spiro atoms. The van der Waals surface area contributed by atoms with Gasteiger partial charge >= 0.3 is 0 Å². The van der Waals surface area contributed by atoms with Gasteiger partial charge in [-0.15, -0.1) is 0 Å². The lowest BCUT2D eigenvalue weighted by Gasteiger charge is -2.21. The van der Waals surface area contributed by atoms with Gasteiger partial charge in [-0.2, -0.15) is 0 Å². The summed E-state index contributed by atoms with van der Waals surface area (Å²) in [5.74, 6) is 0.430. The molecular formula is C16H23N3O2. The number of methoxy groups -OCH3 is 1. The van der Waals surface area contributed by atoms with Crippen molar-refractivity contribution in [3.63, 3.8) is 0 Å². The molecule has 0 aromatic heterocycles. The second-order valence-corrected chi connectivity index (χ2v) is 5.37. The van der Waals surface area contributed by atoms with Crippen molar-refractivity contribution in [2.75, 3.05) is 20.3 Å². The number of hydrogen-bond donors (Lipinski definition) is 2. The molecule has 1 heterocycles. The second-order valence-electron chi connectivity index (χ2n) is 5.37. The van der Waals surface area contributed by atoms with E-state index < -0.39 is 5.54 Å². The Morgan fingerprint density at radius 1 is 1.29 bits per heavy atom. The maximum absolute atomic E-state index is 12.3. The summed E-state index contributed by atoms with van der Waals surface area (Å²) in [7, 11) is 1.63. The number of amides is 1. The van der Waals surface area contributed by atoms with Crippen molar-refractivity contribution >= 4 is 11.9 Å². The molecule has 5 nitrogen and oxygen atoms in total. The molecule has 1 aromatic carbocycles. The number of carbonyl (C=O) groups is 1. The van der Waals surface area contributed by atoms with Crippen LogP contribution in [0.5, 0.6) is 0 Å². The molecule has 21 heavy (non-hydrogen) atoms. The average Bonchev–Trinajstić information content (AvgIpc) is 2.76. The van der Waals surface area contributed by atoms with Crippen LogP contribution in [0.3, 0.4) is 0 Å². The van der Waals surface area contributed by atoms with E-state index in [4.69, 9.17) is 4.74 Å². The summed E-state index contributed by atoms with van der Waals surface area (Å²) in [6.45, 7) is 5.08. The van der Waals surface area contributed by atoms with Crippen LogP contribution in [0.4, 0.5) is 0 Å². The first-order chi connectivity index (χ1) is 10.1. The van der Waals surface area contributed by atoms with Crippen molar-refractivity contribution in [3.8, 4) is 0 Å². The van der Waals surface area contributed by atoms with Gasteiger partial charge in [0, 0.05) is 7.11 Å². The Morgan fingerprint density at radius 3 is 2.62 bits per heavy atom. The molecule has 1 saturated heterocycles. The Kier molecular flexibility index (Phi) is 4.96. The number of rotatable bonds is 6. The largest absolute Gasteiger partial charge is 0.383 e. The molecule has 1 unspecified atom stereocenters. The summed E-state index contributed by atoms with van der Waals surface area (Å²) in [5.41, 5.74) is 1.46. The number of nitrogens with zero attached hydrogens (tertiary/aromatic N) is 1. The third-order valence-electron chi connectivity index (χ3n) is 3.69. The van der Waals surface area contributed by atoms with Gasteiger partial charge in [-0.25, -0.2) is 0 Å². The fourth-order valence-electron chi connectivity index (χ4n) is 2.38. The Bertz CT molecular complexity index is 525. The molecule has 5 heteroatoms. The van der Waals surface area contributed by atoms with Crippen LogP contribution in [0.1, 0.15) is 31.4 Å². The second kappa shape index (κ2) is 6.72. The van der Waals surface area contributed by atoms with Crippen LogP contribution in [0, 0.1) is 0 Å². The van der Waals surface area contributed by atoms with Crippen LogP contribution >= 0.6 is 0 Å². The van der Waals surface area contributed by atoms with E-state index in [9.17, 15) is 4.79 Å². The van der Waals surface area contributed by atoms with Crippen molar-refractivity contribution in [1.82, 2.24) is 10.6 Å². The molecule has 0 aliphatic carbocycles. The van der Waals surface area contributed by atoms with Crippen molar-refractivity contribution < 1.29 is 9.53 Å². The van der Waals surface area contributed by atoms with Crippen molar-refractivity contribution in [1.29, 1.82) is 0 Å². The summed E-state index contributed by atoms with van der Waals surface area (Å²) in [6, 6.07) is 8.18. The number of benzene rings is 1. The molecule has 1 aromatic rings. The summed E-state index contributed by atoms with van der Waals surface area (Å²) >= 11 is 0. The number of carbonyl (C=O) groups excluding carboxylic acids is 1. The highest BCUT2D eigenvalue weighted by atomic mass is 16.5. The molecule has 1 amide bonds. The van der Waals surface area contributed by atoms with Gasteiger partial charge in [0.2, 0.25) is 0 Å². The van der Waals surface area contributed by atoms with E-state index in [1.54, 1.807) is 7.11 Å². The van der Waals surface area contributed by atoms with Crippen LogP contribution in [-0.4, -0.2) is 32.1 Å². The smallest absolute Gasteiger partial charge is 0.256 e. The van der Waals surface area contributed by atoms with Crippen LogP contribution in [0.25, 0.3) is 0 Å². The summed E-state index contributed by atoms with van der Waals surface area (Å²) in [6.07, 6.45) is 2.17. The zero-order valence-electron chi connectivity index (χ0n) is 12.9. The highest BCUT2D eigenvalue weighted by Gasteiger charge is 2.42. The van der Waals surface area contributed by atoms with Crippen LogP contribution in [0.15, 0.2) is 29.3 Å². The Labute approximate surface area is 125 Å². The van der Waals surface area contributed by atoms with E-state index in [1.165, 1.54) is 5.56 Å². The van der Waals surface area contributed by atoms with E-state index in [-0.39, 0.29) is 5.91 Å². The predicted octanol–water partition coefficient (Wildman–Crippen LogP) is 1.58. The zero-order chi connectivity index (χ0) is 15.3. The van der Waals surface area contributed by atoms with Crippen molar-refractivity contribution in [2.45, 2.75) is 32.2 Å². The van der Waals surface area contributed by atoms with Gasteiger partial charge in [0.25, 0.3) is 5.91 Å². The van der Waals surface area contributed by atoms with Gasteiger partial charge in [-0.1, -0.05) is 37.6 Å². The lowest BCUT2D eigenvalue weighted by molar-refractivity contribution is -0.123. The number of nitrogens with one attached hydrogen (secondary N) is 2. The Morgan fingerprint density at radius 2 is 2.00 bits per heavy atom. The quantitative estimate of drug-likeness (QED) is 0.782. The predicted molar refractivity (Wildman–Crippen MR) is 83.2 cm³/mol. The highest BCUT2D eigenvalue weighted by molar-refractivity contribution is 6.09. The lowest BCUT2D eigenvalue weighted by Crippen LogP contribution is -2.40. The maximum Gasteiger partial charge on any atom is 0.256 e. The molecule has 0 saturated carbocycles. The first-order valence-electron chi connectivity index (χ1n) is 7.32. The zero-order valence-corrected chi connectivity index (χ0v) is 12.9. The van der Waals surface area contributed by atoms with E-state index >= 15 is 0 Å². The first-order valence-corrected chi connectivity index (χ1v) is 7.32. The number of hydrogen-bond acceptors (Lipinski definition) is 3. The molecule has 1 fully saturated rings. The van der Waals surface area contributed by atoms with Crippen LogP contribution < -0.4 is 10.6 Å². The topological polar surface area (TPSA) is 62.7 Å². The maximum atomic E-state index is 12.3. The highest BCUT2D eigenvalue weighted by Crippen LogP contribution is 2.24. The molecule has 114 valence electrons. The summed E-state index contributed by atoms with van der Waals surface area (Å²) in [5, 5.41) is 5.96. The normalized spacial score (nSPS) is 23.2. The molecule has 0 radical (unpaired) electrons. The summed E-state index contributed by atoms with van der Waals surface area (Å²) < 4.78 is 4.95. The molecule has 2 N–H and O–H groups in total. The van der Waals surface area contributed by atoms with Gasteiger partial charge < -0.3 is 10.1 Å². The fraction of sp³-hybridized carbons (Fsp3) is 0.500. The minimum absolute atomic E-state index is 0.0816. The van der Waals surface area contributed by atoms with Crippen LogP contribution in [0.2, 0.25) is 0 Å². The molecule has 1 aliphatic rings. The third-order valence-corrected chi connectivity index (χ3v) is 3.69. The van der Waals surface area contributed by atoms with Gasteiger partial charge in [0.05, 0.1) is 13.2 Å². The SMILES string of the molecule is CCCc1ccc(C2(C)NC(=NCCOC)NC2=O)cc1. The molecule has 0 bridgehead atoms. The Hall–Kier alpha value is -1.88. The number of guanidine groups is 1. The van der Waals surface area contributed by atoms with E-state index in [0.717, 1.165) is 18.4 Å².